The lowest BCUT2D eigenvalue weighted by Crippen LogP contribution is -2.10. The fourth-order valence-corrected chi connectivity index (χ4v) is 8.09. The highest BCUT2D eigenvalue weighted by atomic mass is 15.1. The van der Waals surface area contributed by atoms with Gasteiger partial charge in [-0.05, 0) is 111 Å². The molecule has 0 aliphatic carbocycles. The van der Waals surface area contributed by atoms with E-state index in [2.05, 4.69) is 240 Å². The molecule has 0 N–H and O–H groups in total. The summed E-state index contributed by atoms with van der Waals surface area (Å²) < 4.78 is 2.37. The Morgan fingerprint density at radius 3 is 1.34 bits per heavy atom. The molecule has 1 aromatic heterocycles. The number of rotatable bonds is 8. The number of nitrogens with zero attached hydrogens (tertiary/aromatic N) is 2. The van der Waals surface area contributed by atoms with Gasteiger partial charge in [0.05, 0.1) is 11.0 Å². The molecule has 0 amide bonds. The van der Waals surface area contributed by atoms with Gasteiger partial charge in [0.25, 0.3) is 0 Å². The molecule has 0 fully saturated rings. The molecule has 0 aliphatic rings. The van der Waals surface area contributed by atoms with E-state index in [1.165, 1.54) is 72.0 Å². The summed E-state index contributed by atoms with van der Waals surface area (Å²) in [6, 6.07) is 83.0. The maximum atomic E-state index is 2.37. The van der Waals surface area contributed by atoms with Crippen molar-refractivity contribution >= 4 is 38.9 Å². The summed E-state index contributed by atoms with van der Waals surface area (Å²) in [6.07, 6.45) is 0. The molecule has 0 atom stereocenters. The first-order valence-electron chi connectivity index (χ1n) is 19.2. The fraction of sp³-hybridized carbons (Fsp3) is 0. The Hall–Kier alpha value is -7.42. The van der Waals surface area contributed by atoms with Gasteiger partial charge < -0.3 is 9.47 Å². The number of hydrogen-bond donors (Lipinski definition) is 0. The van der Waals surface area contributed by atoms with Crippen LogP contribution in [0.15, 0.2) is 231 Å². The standard InChI is InChI=1S/C54H38N2/c1-5-15-39(16-6-1)40-25-30-46(31-26-40)55(48-34-35-49(42-17-7-2-8-18-42)51(38-48)43-19-9-3-10-20-43)47-32-27-41(28-33-47)44-29-36-54-52(37-44)50-23-13-14-24-53(50)56(54)45-21-11-4-12-22-45/h1-38H. The fourth-order valence-electron chi connectivity index (χ4n) is 8.09. The van der Waals surface area contributed by atoms with E-state index >= 15 is 0 Å². The largest absolute Gasteiger partial charge is 0.310 e. The molecule has 10 aromatic rings. The van der Waals surface area contributed by atoms with Crippen LogP contribution in [0.25, 0.3) is 72.0 Å². The van der Waals surface area contributed by atoms with Gasteiger partial charge in [-0.3, -0.25) is 0 Å². The van der Waals surface area contributed by atoms with Crippen LogP contribution in [0, 0.1) is 0 Å². The third kappa shape index (κ3) is 6.14. The Morgan fingerprint density at radius 1 is 0.268 bits per heavy atom. The van der Waals surface area contributed by atoms with Crippen LogP contribution in [0.1, 0.15) is 0 Å². The number of aromatic nitrogens is 1. The van der Waals surface area contributed by atoms with Crippen LogP contribution in [-0.4, -0.2) is 4.57 Å². The van der Waals surface area contributed by atoms with Crippen LogP contribution >= 0.6 is 0 Å². The maximum Gasteiger partial charge on any atom is 0.0541 e. The molecule has 2 nitrogen and oxygen atoms in total. The predicted octanol–water partition coefficient (Wildman–Crippen LogP) is 14.9. The summed E-state index contributed by atoms with van der Waals surface area (Å²) >= 11 is 0. The summed E-state index contributed by atoms with van der Waals surface area (Å²) in [6.45, 7) is 0. The maximum absolute atomic E-state index is 2.37. The van der Waals surface area contributed by atoms with Crippen LogP contribution < -0.4 is 4.90 Å². The summed E-state index contributed by atoms with van der Waals surface area (Å²) in [5, 5.41) is 2.50. The van der Waals surface area contributed by atoms with Crippen molar-refractivity contribution < 1.29 is 0 Å². The van der Waals surface area contributed by atoms with Gasteiger partial charge in [-0.25, -0.2) is 0 Å². The van der Waals surface area contributed by atoms with Gasteiger partial charge in [0.1, 0.15) is 0 Å². The minimum absolute atomic E-state index is 1.09. The van der Waals surface area contributed by atoms with E-state index in [1.54, 1.807) is 0 Å². The van der Waals surface area contributed by atoms with Crippen molar-refractivity contribution in [3.63, 3.8) is 0 Å². The van der Waals surface area contributed by atoms with Gasteiger partial charge in [-0.1, -0.05) is 164 Å². The first-order chi connectivity index (χ1) is 27.8. The number of hydrogen-bond acceptors (Lipinski definition) is 1. The molecule has 2 heteroatoms. The molecule has 0 radical (unpaired) electrons. The SMILES string of the molecule is c1ccc(-c2ccc(N(c3ccc(-c4ccc5c(c4)c4ccccc4n5-c4ccccc4)cc3)c3ccc(-c4ccccc4)c(-c4ccccc4)c3)cc2)cc1. The summed E-state index contributed by atoms with van der Waals surface area (Å²) in [5.74, 6) is 0. The van der Waals surface area contributed by atoms with E-state index in [0.717, 1.165) is 17.1 Å². The minimum atomic E-state index is 1.09. The van der Waals surface area contributed by atoms with Crippen LogP contribution in [0.2, 0.25) is 0 Å². The molecular weight excluding hydrogens is 677 g/mol. The molecule has 0 unspecified atom stereocenters. The Balaban J connectivity index is 1.08. The Morgan fingerprint density at radius 2 is 0.714 bits per heavy atom. The molecular formula is C54H38N2. The van der Waals surface area contributed by atoms with Crippen molar-refractivity contribution in [1.29, 1.82) is 0 Å². The van der Waals surface area contributed by atoms with Crippen LogP contribution in [0.3, 0.4) is 0 Å². The smallest absolute Gasteiger partial charge is 0.0541 e. The van der Waals surface area contributed by atoms with E-state index in [9.17, 15) is 0 Å². The lowest BCUT2D eigenvalue weighted by atomic mass is 9.93. The minimum Gasteiger partial charge on any atom is -0.310 e. The monoisotopic (exact) mass is 714 g/mol. The van der Waals surface area contributed by atoms with Crippen molar-refractivity contribution in [2.24, 2.45) is 0 Å². The predicted molar refractivity (Wildman–Crippen MR) is 237 cm³/mol. The summed E-state index contributed by atoms with van der Waals surface area (Å²) in [4.78, 5) is 2.37. The molecule has 10 rings (SSSR count). The summed E-state index contributed by atoms with van der Waals surface area (Å²) in [7, 11) is 0. The second-order valence-corrected chi connectivity index (χ2v) is 14.2. The second-order valence-electron chi connectivity index (χ2n) is 14.2. The zero-order valence-electron chi connectivity index (χ0n) is 30.8. The van der Waals surface area contributed by atoms with E-state index in [1.807, 2.05) is 0 Å². The first-order valence-corrected chi connectivity index (χ1v) is 19.2. The molecule has 0 saturated carbocycles. The number of para-hydroxylation sites is 2. The van der Waals surface area contributed by atoms with Gasteiger partial charge in [0, 0.05) is 33.5 Å². The number of anilines is 3. The van der Waals surface area contributed by atoms with E-state index in [4.69, 9.17) is 0 Å². The van der Waals surface area contributed by atoms with Crippen molar-refractivity contribution in [2.45, 2.75) is 0 Å². The van der Waals surface area contributed by atoms with Gasteiger partial charge in [-0.15, -0.1) is 0 Å². The van der Waals surface area contributed by atoms with Gasteiger partial charge >= 0.3 is 0 Å². The second kappa shape index (κ2) is 14.4. The third-order valence-electron chi connectivity index (χ3n) is 10.8. The molecule has 0 bridgehead atoms. The lowest BCUT2D eigenvalue weighted by molar-refractivity contribution is 1.18. The highest BCUT2D eigenvalue weighted by molar-refractivity contribution is 6.10. The first kappa shape index (κ1) is 33.2. The molecule has 0 aliphatic heterocycles. The quantitative estimate of drug-likeness (QED) is 0.152. The highest BCUT2D eigenvalue weighted by Gasteiger charge is 2.18. The Kier molecular flexibility index (Phi) is 8.55. The third-order valence-corrected chi connectivity index (χ3v) is 10.8. The van der Waals surface area contributed by atoms with Crippen molar-refractivity contribution in [1.82, 2.24) is 4.57 Å². The van der Waals surface area contributed by atoms with E-state index < -0.39 is 0 Å². The van der Waals surface area contributed by atoms with Crippen LogP contribution in [-0.2, 0) is 0 Å². The Labute approximate surface area is 327 Å². The summed E-state index contributed by atoms with van der Waals surface area (Å²) in [5.41, 5.74) is 16.4. The van der Waals surface area contributed by atoms with E-state index in [0.29, 0.717) is 0 Å². The zero-order valence-corrected chi connectivity index (χ0v) is 30.8. The average Bonchev–Trinajstić information content (AvgIpc) is 3.62. The molecule has 1 heterocycles. The Bertz CT molecular complexity index is 2910. The van der Waals surface area contributed by atoms with E-state index in [-0.39, 0.29) is 0 Å². The van der Waals surface area contributed by atoms with Crippen LogP contribution in [0.5, 0.6) is 0 Å². The normalized spacial score (nSPS) is 11.2. The molecule has 9 aromatic carbocycles. The molecule has 0 spiro atoms. The van der Waals surface area contributed by atoms with Crippen molar-refractivity contribution in [3.8, 4) is 50.2 Å². The van der Waals surface area contributed by atoms with Crippen molar-refractivity contribution in [2.75, 3.05) is 4.90 Å². The topological polar surface area (TPSA) is 8.17 Å². The highest BCUT2D eigenvalue weighted by Crippen LogP contribution is 2.42. The molecule has 264 valence electrons. The van der Waals surface area contributed by atoms with Gasteiger partial charge in [0.2, 0.25) is 0 Å². The lowest BCUT2D eigenvalue weighted by Gasteiger charge is -2.27. The van der Waals surface area contributed by atoms with Gasteiger partial charge in [0.15, 0.2) is 0 Å². The number of benzene rings is 9. The molecule has 0 saturated heterocycles. The van der Waals surface area contributed by atoms with Gasteiger partial charge in [-0.2, -0.15) is 0 Å². The number of fused-ring (bicyclic) bond motifs is 3. The van der Waals surface area contributed by atoms with Crippen molar-refractivity contribution in [3.05, 3.63) is 231 Å². The van der Waals surface area contributed by atoms with Crippen LogP contribution in [0.4, 0.5) is 17.1 Å². The average molecular weight is 715 g/mol. The molecule has 56 heavy (non-hydrogen) atoms. The zero-order chi connectivity index (χ0) is 37.3.